The van der Waals surface area contributed by atoms with Gasteiger partial charge in [-0.05, 0) is 6.92 Å². The maximum absolute atomic E-state index is 11.5. The molecular formula is C6H9F2NO2. The molecule has 3 nitrogen and oxygen atoms in total. The van der Waals surface area contributed by atoms with E-state index in [1.807, 2.05) is 0 Å². The summed E-state index contributed by atoms with van der Waals surface area (Å²) in [6.45, 7) is 0.895. The summed E-state index contributed by atoms with van der Waals surface area (Å²) in [4.78, 5) is 9.95. The highest BCUT2D eigenvalue weighted by Crippen LogP contribution is 1.91. The molecule has 0 aromatic rings. The molecule has 5 heteroatoms. The van der Waals surface area contributed by atoms with Gasteiger partial charge in [0, 0.05) is 11.8 Å². The lowest BCUT2D eigenvalue weighted by molar-refractivity contribution is -0.131. The Morgan fingerprint density at radius 3 is 2.64 bits per heavy atom. The van der Waals surface area contributed by atoms with E-state index in [4.69, 9.17) is 5.11 Å². The Hall–Kier alpha value is -1.13. The Balaban J connectivity index is 3.68. The summed E-state index contributed by atoms with van der Waals surface area (Å²) in [6, 6.07) is 0. The van der Waals surface area contributed by atoms with Crippen molar-refractivity contribution in [1.82, 2.24) is 5.32 Å². The molecule has 0 spiro atoms. The minimum Gasteiger partial charge on any atom is -0.478 e. The summed E-state index contributed by atoms with van der Waals surface area (Å²) in [5.41, 5.74) is 0.220. The number of aliphatic carboxylic acids is 1. The predicted octanol–water partition coefficient (Wildman–Crippen LogP) is 0.829. The molecule has 0 atom stereocenters. The number of halogens is 2. The second-order valence-corrected chi connectivity index (χ2v) is 1.94. The Labute approximate surface area is 62.7 Å². The minimum absolute atomic E-state index is 0.220. The molecule has 64 valence electrons. The monoisotopic (exact) mass is 165 g/mol. The highest BCUT2D eigenvalue weighted by atomic mass is 19.3. The minimum atomic E-state index is -2.47. The van der Waals surface area contributed by atoms with Gasteiger partial charge in [-0.1, -0.05) is 0 Å². The number of hydrogen-bond donors (Lipinski definition) is 2. The van der Waals surface area contributed by atoms with E-state index in [2.05, 4.69) is 5.32 Å². The number of allylic oxidation sites excluding steroid dienone is 1. The fourth-order valence-corrected chi connectivity index (χ4v) is 0.474. The molecule has 0 aliphatic carbocycles. The molecule has 0 saturated carbocycles. The predicted molar refractivity (Wildman–Crippen MR) is 35.4 cm³/mol. The summed E-state index contributed by atoms with van der Waals surface area (Å²) in [7, 11) is 0. The topological polar surface area (TPSA) is 49.3 Å². The maximum Gasteiger partial charge on any atom is 0.330 e. The van der Waals surface area contributed by atoms with Crippen LogP contribution in [0.1, 0.15) is 6.92 Å². The van der Waals surface area contributed by atoms with Gasteiger partial charge in [0.15, 0.2) is 0 Å². The van der Waals surface area contributed by atoms with Crippen LogP contribution in [0.25, 0.3) is 0 Å². The van der Waals surface area contributed by atoms with Gasteiger partial charge in [0.1, 0.15) is 0 Å². The average molecular weight is 165 g/mol. The van der Waals surface area contributed by atoms with E-state index in [1.165, 1.54) is 6.92 Å². The van der Waals surface area contributed by atoms with Crippen LogP contribution in [0.15, 0.2) is 11.8 Å². The first-order valence-corrected chi connectivity index (χ1v) is 2.95. The Morgan fingerprint density at radius 1 is 1.73 bits per heavy atom. The number of carboxylic acid groups (broad SMARTS) is 1. The van der Waals surface area contributed by atoms with Crippen LogP contribution in [-0.2, 0) is 4.79 Å². The Morgan fingerprint density at radius 2 is 2.27 bits per heavy atom. The summed E-state index contributed by atoms with van der Waals surface area (Å²) < 4.78 is 23.0. The zero-order valence-corrected chi connectivity index (χ0v) is 5.97. The third-order valence-corrected chi connectivity index (χ3v) is 0.875. The molecule has 0 aromatic carbocycles. The molecule has 0 bridgehead atoms. The third-order valence-electron chi connectivity index (χ3n) is 0.875. The van der Waals surface area contributed by atoms with Crippen LogP contribution in [0.4, 0.5) is 8.78 Å². The highest BCUT2D eigenvalue weighted by Gasteiger charge is 2.00. The maximum atomic E-state index is 11.5. The summed E-state index contributed by atoms with van der Waals surface area (Å²) >= 11 is 0. The SMILES string of the molecule is CC(=CC(=O)O)NCC(F)F. The van der Waals surface area contributed by atoms with E-state index in [0.717, 1.165) is 6.08 Å². The van der Waals surface area contributed by atoms with Gasteiger partial charge in [0.2, 0.25) is 0 Å². The van der Waals surface area contributed by atoms with Crippen molar-refractivity contribution in [3.63, 3.8) is 0 Å². The van der Waals surface area contributed by atoms with Crippen LogP contribution in [0.3, 0.4) is 0 Å². The van der Waals surface area contributed by atoms with E-state index in [1.54, 1.807) is 0 Å². The van der Waals surface area contributed by atoms with Gasteiger partial charge in [-0.25, -0.2) is 13.6 Å². The van der Waals surface area contributed by atoms with Crippen LogP contribution in [0, 0.1) is 0 Å². The summed E-state index contributed by atoms with van der Waals surface area (Å²) in [5.74, 6) is -1.15. The van der Waals surface area contributed by atoms with Crippen molar-refractivity contribution in [3.05, 3.63) is 11.8 Å². The first kappa shape index (κ1) is 9.87. The molecule has 0 aliphatic rings. The van der Waals surface area contributed by atoms with Crippen molar-refractivity contribution >= 4 is 5.97 Å². The van der Waals surface area contributed by atoms with Crippen LogP contribution in [0.5, 0.6) is 0 Å². The van der Waals surface area contributed by atoms with Crippen LogP contribution < -0.4 is 5.32 Å². The first-order valence-electron chi connectivity index (χ1n) is 2.95. The second-order valence-electron chi connectivity index (χ2n) is 1.94. The first-order chi connectivity index (χ1) is 5.02. The fourth-order valence-electron chi connectivity index (χ4n) is 0.474. The molecule has 0 fully saturated rings. The molecule has 0 amide bonds. The Kier molecular flexibility index (Phi) is 4.17. The van der Waals surface area contributed by atoms with Gasteiger partial charge in [-0.2, -0.15) is 0 Å². The standard InChI is InChI=1S/C6H9F2NO2/c1-4(2-6(10)11)9-3-5(7)8/h2,5,9H,3H2,1H3,(H,10,11). The van der Waals surface area contributed by atoms with Gasteiger partial charge in [0.25, 0.3) is 6.43 Å². The quantitative estimate of drug-likeness (QED) is 0.606. The molecule has 0 rings (SSSR count). The number of nitrogens with one attached hydrogen (secondary N) is 1. The van der Waals surface area contributed by atoms with E-state index < -0.39 is 18.9 Å². The third kappa shape index (κ3) is 6.76. The normalized spacial score (nSPS) is 11.8. The summed E-state index contributed by atoms with van der Waals surface area (Å²) in [6.07, 6.45) is -1.63. The van der Waals surface area contributed by atoms with Gasteiger partial charge >= 0.3 is 5.97 Å². The zero-order chi connectivity index (χ0) is 8.85. The fraction of sp³-hybridized carbons (Fsp3) is 0.500. The molecule has 0 aromatic heterocycles. The number of carboxylic acids is 1. The van der Waals surface area contributed by atoms with Crippen molar-refractivity contribution in [2.75, 3.05) is 6.54 Å². The molecule has 2 N–H and O–H groups in total. The van der Waals surface area contributed by atoms with Crippen molar-refractivity contribution in [2.24, 2.45) is 0 Å². The molecule has 0 unspecified atom stereocenters. The number of carbonyl (C=O) groups is 1. The van der Waals surface area contributed by atoms with E-state index in [-0.39, 0.29) is 5.70 Å². The van der Waals surface area contributed by atoms with E-state index in [0.29, 0.717) is 0 Å². The lowest BCUT2D eigenvalue weighted by Crippen LogP contribution is -2.19. The van der Waals surface area contributed by atoms with Gasteiger partial charge < -0.3 is 10.4 Å². The van der Waals surface area contributed by atoms with Gasteiger partial charge in [-0.3, -0.25) is 0 Å². The van der Waals surface area contributed by atoms with Crippen molar-refractivity contribution in [1.29, 1.82) is 0 Å². The molecular weight excluding hydrogens is 156 g/mol. The lowest BCUT2D eigenvalue weighted by atomic mass is 10.4. The number of rotatable bonds is 4. The molecule has 11 heavy (non-hydrogen) atoms. The highest BCUT2D eigenvalue weighted by molar-refractivity contribution is 5.80. The number of hydrogen-bond acceptors (Lipinski definition) is 2. The van der Waals surface area contributed by atoms with Crippen LogP contribution in [-0.4, -0.2) is 24.0 Å². The lowest BCUT2D eigenvalue weighted by Gasteiger charge is -2.03. The number of alkyl halides is 2. The zero-order valence-electron chi connectivity index (χ0n) is 5.97. The van der Waals surface area contributed by atoms with Gasteiger partial charge in [0.05, 0.1) is 6.54 Å². The average Bonchev–Trinajstić information content (AvgIpc) is 1.82. The van der Waals surface area contributed by atoms with Crippen LogP contribution in [0.2, 0.25) is 0 Å². The molecule has 0 saturated heterocycles. The molecule has 0 radical (unpaired) electrons. The van der Waals surface area contributed by atoms with Gasteiger partial charge in [-0.15, -0.1) is 0 Å². The van der Waals surface area contributed by atoms with Crippen molar-refractivity contribution in [3.8, 4) is 0 Å². The molecule has 0 heterocycles. The van der Waals surface area contributed by atoms with Crippen molar-refractivity contribution < 1.29 is 18.7 Å². The van der Waals surface area contributed by atoms with E-state index in [9.17, 15) is 13.6 Å². The summed E-state index contributed by atoms with van der Waals surface area (Å²) in [5, 5.41) is 10.4. The largest absolute Gasteiger partial charge is 0.478 e. The second kappa shape index (κ2) is 4.65. The van der Waals surface area contributed by atoms with Crippen molar-refractivity contribution in [2.45, 2.75) is 13.3 Å². The van der Waals surface area contributed by atoms with E-state index >= 15 is 0 Å². The molecule has 0 aliphatic heterocycles. The van der Waals surface area contributed by atoms with Crippen LogP contribution >= 0.6 is 0 Å². The Bertz CT molecular complexity index is 168. The smallest absolute Gasteiger partial charge is 0.330 e.